The molecule has 0 aliphatic rings. The molecule has 0 bridgehead atoms. The van der Waals surface area contributed by atoms with Crippen LogP contribution in [0.5, 0.6) is 5.75 Å². The maximum Gasteiger partial charge on any atom is 0.257 e. The number of hydrogen-bond acceptors (Lipinski definition) is 4. The molecule has 5 nitrogen and oxygen atoms in total. The lowest BCUT2D eigenvalue weighted by atomic mass is 10.0. The number of phenolic OH excluding ortho intramolecular Hbond substituents is 1. The number of amides is 1. The summed E-state index contributed by atoms with van der Waals surface area (Å²) in [6, 6.07) is 12.7. The van der Waals surface area contributed by atoms with E-state index in [9.17, 15) is 9.90 Å². The second-order valence-electron chi connectivity index (χ2n) is 5.31. The number of aromatic nitrogens is 1. The lowest BCUT2D eigenvalue weighted by molar-refractivity contribution is 0.0779. The SMILES string of the molecule is Cc1cc(CN(C)C(=O)c2cc3ccccc3cc2O)no1. The van der Waals surface area contributed by atoms with Crippen molar-refractivity contribution in [2.45, 2.75) is 13.5 Å². The first-order valence-electron chi connectivity index (χ1n) is 6.94. The van der Waals surface area contributed by atoms with Gasteiger partial charge in [-0.2, -0.15) is 0 Å². The highest BCUT2D eigenvalue weighted by Crippen LogP contribution is 2.26. The van der Waals surface area contributed by atoms with Crippen molar-refractivity contribution < 1.29 is 14.4 Å². The Labute approximate surface area is 127 Å². The molecule has 0 aliphatic heterocycles. The molecule has 3 rings (SSSR count). The van der Waals surface area contributed by atoms with Gasteiger partial charge in [-0.1, -0.05) is 29.4 Å². The number of benzene rings is 2. The maximum atomic E-state index is 12.5. The van der Waals surface area contributed by atoms with Gasteiger partial charge in [0.25, 0.3) is 5.91 Å². The van der Waals surface area contributed by atoms with Crippen molar-refractivity contribution in [2.24, 2.45) is 0 Å². The van der Waals surface area contributed by atoms with Gasteiger partial charge in [0.1, 0.15) is 17.2 Å². The van der Waals surface area contributed by atoms with Crippen LogP contribution in [0.25, 0.3) is 10.8 Å². The summed E-state index contributed by atoms with van der Waals surface area (Å²) in [4.78, 5) is 14.0. The van der Waals surface area contributed by atoms with Gasteiger partial charge < -0.3 is 14.5 Å². The molecule has 0 unspecified atom stereocenters. The van der Waals surface area contributed by atoms with Gasteiger partial charge in [0.15, 0.2) is 0 Å². The minimum atomic E-state index is -0.260. The van der Waals surface area contributed by atoms with E-state index < -0.39 is 0 Å². The first-order chi connectivity index (χ1) is 10.5. The van der Waals surface area contributed by atoms with E-state index in [0.29, 0.717) is 18.0 Å². The van der Waals surface area contributed by atoms with E-state index in [1.54, 1.807) is 32.2 Å². The number of carbonyl (C=O) groups excluding carboxylic acids is 1. The lowest BCUT2D eigenvalue weighted by Crippen LogP contribution is -2.26. The second kappa shape index (κ2) is 5.52. The Kier molecular flexibility index (Phi) is 3.55. The Balaban J connectivity index is 1.89. The summed E-state index contributed by atoms with van der Waals surface area (Å²) < 4.78 is 4.99. The molecule has 0 spiro atoms. The molecular formula is C17H16N2O3. The number of rotatable bonds is 3. The Bertz CT molecular complexity index is 839. The predicted molar refractivity (Wildman–Crippen MR) is 82.7 cm³/mol. The highest BCUT2D eigenvalue weighted by atomic mass is 16.5. The van der Waals surface area contributed by atoms with Crippen LogP contribution < -0.4 is 0 Å². The molecule has 5 heteroatoms. The molecule has 3 aromatic rings. The van der Waals surface area contributed by atoms with Gasteiger partial charge in [0.2, 0.25) is 0 Å². The van der Waals surface area contributed by atoms with Crippen molar-refractivity contribution in [1.82, 2.24) is 10.1 Å². The van der Waals surface area contributed by atoms with E-state index in [0.717, 1.165) is 10.8 Å². The van der Waals surface area contributed by atoms with Crippen LogP contribution in [-0.2, 0) is 6.54 Å². The number of fused-ring (bicyclic) bond motifs is 1. The molecule has 0 fully saturated rings. The van der Waals surface area contributed by atoms with E-state index in [1.807, 2.05) is 24.3 Å². The van der Waals surface area contributed by atoms with Crippen LogP contribution in [0.3, 0.4) is 0 Å². The Hall–Kier alpha value is -2.82. The molecule has 0 saturated heterocycles. The molecule has 112 valence electrons. The van der Waals surface area contributed by atoms with Gasteiger partial charge in [-0.25, -0.2) is 0 Å². The molecule has 0 radical (unpaired) electrons. The minimum absolute atomic E-state index is 0.0214. The average molecular weight is 296 g/mol. The highest BCUT2D eigenvalue weighted by molar-refractivity contribution is 6.01. The largest absolute Gasteiger partial charge is 0.507 e. The summed E-state index contributed by atoms with van der Waals surface area (Å²) in [7, 11) is 1.67. The zero-order chi connectivity index (χ0) is 15.7. The van der Waals surface area contributed by atoms with E-state index in [4.69, 9.17) is 4.52 Å². The van der Waals surface area contributed by atoms with Crippen molar-refractivity contribution in [3.63, 3.8) is 0 Å². The fourth-order valence-corrected chi connectivity index (χ4v) is 2.41. The molecule has 1 aromatic heterocycles. The van der Waals surface area contributed by atoms with Crippen LogP contribution in [-0.4, -0.2) is 28.1 Å². The summed E-state index contributed by atoms with van der Waals surface area (Å²) in [6.45, 7) is 2.12. The summed E-state index contributed by atoms with van der Waals surface area (Å²) >= 11 is 0. The number of aryl methyl sites for hydroxylation is 1. The Morgan fingerprint density at radius 3 is 2.55 bits per heavy atom. The third-order valence-corrected chi connectivity index (χ3v) is 3.52. The van der Waals surface area contributed by atoms with Gasteiger partial charge in [-0.15, -0.1) is 0 Å². The van der Waals surface area contributed by atoms with Crippen LogP contribution >= 0.6 is 0 Å². The van der Waals surface area contributed by atoms with Gasteiger partial charge >= 0.3 is 0 Å². The second-order valence-corrected chi connectivity index (χ2v) is 5.31. The zero-order valence-electron chi connectivity index (χ0n) is 12.4. The number of carbonyl (C=O) groups is 1. The Morgan fingerprint density at radius 1 is 1.23 bits per heavy atom. The molecule has 1 heterocycles. The maximum absolute atomic E-state index is 12.5. The highest BCUT2D eigenvalue weighted by Gasteiger charge is 2.18. The lowest BCUT2D eigenvalue weighted by Gasteiger charge is -2.16. The molecule has 0 aliphatic carbocycles. The van der Waals surface area contributed by atoms with Crippen LogP contribution in [0.15, 0.2) is 47.0 Å². The smallest absolute Gasteiger partial charge is 0.257 e. The first-order valence-corrected chi connectivity index (χ1v) is 6.94. The number of phenols is 1. The summed E-state index contributed by atoms with van der Waals surface area (Å²) in [5.41, 5.74) is 0.954. The fourth-order valence-electron chi connectivity index (χ4n) is 2.41. The van der Waals surface area contributed by atoms with Gasteiger partial charge in [0, 0.05) is 13.1 Å². The first kappa shape index (κ1) is 14.1. The third kappa shape index (κ3) is 2.65. The fraction of sp³-hybridized carbons (Fsp3) is 0.176. The molecule has 1 N–H and O–H groups in total. The quantitative estimate of drug-likeness (QED) is 0.806. The predicted octanol–water partition coefficient (Wildman–Crippen LogP) is 3.11. The minimum Gasteiger partial charge on any atom is -0.507 e. The van der Waals surface area contributed by atoms with Crippen LogP contribution in [0.2, 0.25) is 0 Å². The van der Waals surface area contributed by atoms with Crippen LogP contribution in [0, 0.1) is 6.92 Å². The standard InChI is InChI=1S/C17H16N2O3/c1-11-7-14(18-22-11)10-19(2)17(21)15-8-12-5-3-4-6-13(12)9-16(15)20/h3-9,20H,10H2,1-2H3. The molecule has 0 saturated carbocycles. The molecule has 2 aromatic carbocycles. The monoisotopic (exact) mass is 296 g/mol. The molecular weight excluding hydrogens is 280 g/mol. The third-order valence-electron chi connectivity index (χ3n) is 3.52. The van der Waals surface area contributed by atoms with E-state index in [1.165, 1.54) is 4.90 Å². The van der Waals surface area contributed by atoms with Crippen molar-refractivity contribution in [3.8, 4) is 5.75 Å². The zero-order valence-corrected chi connectivity index (χ0v) is 12.4. The van der Waals surface area contributed by atoms with Crippen molar-refractivity contribution in [2.75, 3.05) is 7.05 Å². The normalized spacial score (nSPS) is 10.8. The molecule has 22 heavy (non-hydrogen) atoms. The number of hydrogen-bond donors (Lipinski definition) is 1. The van der Waals surface area contributed by atoms with Crippen LogP contribution in [0.1, 0.15) is 21.8 Å². The van der Waals surface area contributed by atoms with Crippen LogP contribution in [0.4, 0.5) is 0 Å². The number of nitrogens with zero attached hydrogens (tertiary/aromatic N) is 2. The summed E-state index contributed by atoms with van der Waals surface area (Å²) in [5, 5.41) is 15.8. The number of aromatic hydroxyl groups is 1. The van der Waals surface area contributed by atoms with E-state index >= 15 is 0 Å². The van der Waals surface area contributed by atoms with Gasteiger partial charge in [-0.3, -0.25) is 4.79 Å². The van der Waals surface area contributed by atoms with Crippen molar-refractivity contribution in [1.29, 1.82) is 0 Å². The summed E-state index contributed by atoms with van der Waals surface area (Å²) in [5.74, 6) is 0.417. The average Bonchev–Trinajstić information content (AvgIpc) is 2.91. The topological polar surface area (TPSA) is 66.6 Å². The van der Waals surface area contributed by atoms with Gasteiger partial charge in [0.05, 0.1) is 12.1 Å². The van der Waals surface area contributed by atoms with E-state index in [-0.39, 0.29) is 17.2 Å². The Morgan fingerprint density at radius 2 is 1.91 bits per heavy atom. The van der Waals surface area contributed by atoms with Crippen molar-refractivity contribution >= 4 is 16.7 Å². The molecule has 1 amide bonds. The van der Waals surface area contributed by atoms with Crippen molar-refractivity contribution in [3.05, 3.63) is 59.5 Å². The van der Waals surface area contributed by atoms with E-state index in [2.05, 4.69) is 5.16 Å². The molecule has 0 atom stereocenters. The van der Waals surface area contributed by atoms with Gasteiger partial charge in [-0.05, 0) is 29.8 Å². The summed E-state index contributed by atoms with van der Waals surface area (Å²) in [6.07, 6.45) is 0.